The van der Waals surface area contributed by atoms with Gasteiger partial charge >= 0.3 is 0 Å². The van der Waals surface area contributed by atoms with Crippen LogP contribution >= 0.6 is 11.3 Å². The highest BCUT2D eigenvalue weighted by Gasteiger charge is 2.38. The smallest absolute Gasteiger partial charge is 0.260 e. The number of halogens is 1. The zero-order valence-corrected chi connectivity index (χ0v) is 19.1. The van der Waals surface area contributed by atoms with Crippen molar-refractivity contribution >= 4 is 34.1 Å². The van der Waals surface area contributed by atoms with Gasteiger partial charge in [-0.1, -0.05) is 0 Å². The number of nitrogens with one attached hydrogen (secondary N) is 1. The van der Waals surface area contributed by atoms with Crippen molar-refractivity contribution in [2.75, 3.05) is 25.0 Å². The van der Waals surface area contributed by atoms with Crippen molar-refractivity contribution < 1.29 is 19.0 Å². The van der Waals surface area contributed by atoms with E-state index in [4.69, 9.17) is 4.74 Å². The fourth-order valence-corrected chi connectivity index (χ4v) is 5.80. The summed E-state index contributed by atoms with van der Waals surface area (Å²) < 4.78 is 19.8. The van der Waals surface area contributed by atoms with Crippen LogP contribution in [0.4, 0.5) is 10.1 Å². The molecule has 0 bridgehead atoms. The lowest BCUT2D eigenvalue weighted by Crippen LogP contribution is -2.36. The Hall–Kier alpha value is -2.48. The van der Waals surface area contributed by atoms with Crippen molar-refractivity contribution in [3.05, 3.63) is 63.3 Å². The number of aliphatic hydroxyl groups is 1. The van der Waals surface area contributed by atoms with Crippen LogP contribution in [0.15, 0.2) is 41.5 Å². The van der Waals surface area contributed by atoms with E-state index in [0.717, 1.165) is 43.6 Å². The van der Waals surface area contributed by atoms with Crippen molar-refractivity contribution in [1.82, 2.24) is 4.90 Å². The predicted molar refractivity (Wildman–Crippen MR) is 124 cm³/mol. The number of benzene rings is 1. The second-order valence-corrected chi connectivity index (χ2v) is 10.3. The average Bonchev–Trinajstić information content (AvgIpc) is 3.42. The summed E-state index contributed by atoms with van der Waals surface area (Å²) in [6.45, 7) is 7.13. The number of aliphatic hydroxyl groups excluding tert-OH is 1. The zero-order chi connectivity index (χ0) is 22.5. The summed E-state index contributed by atoms with van der Waals surface area (Å²) in [5.74, 6) is 0.228. The second kappa shape index (κ2) is 8.14. The van der Waals surface area contributed by atoms with E-state index in [1.54, 1.807) is 17.4 Å². The van der Waals surface area contributed by atoms with Gasteiger partial charge in [0, 0.05) is 35.7 Å². The molecule has 3 aliphatic rings. The number of carbonyl (C=O) groups excluding carboxylic acids is 1. The normalized spacial score (nSPS) is 24.8. The van der Waals surface area contributed by atoms with E-state index in [-0.39, 0.29) is 18.3 Å². The highest BCUT2D eigenvalue weighted by atomic mass is 32.1. The summed E-state index contributed by atoms with van der Waals surface area (Å²) in [5.41, 5.74) is 3.12. The minimum Gasteiger partial charge on any atom is -0.482 e. The number of amides is 1. The zero-order valence-electron chi connectivity index (χ0n) is 18.3. The van der Waals surface area contributed by atoms with Crippen LogP contribution in [0.3, 0.4) is 0 Å². The van der Waals surface area contributed by atoms with E-state index in [0.29, 0.717) is 28.5 Å². The Morgan fingerprint density at radius 2 is 2.19 bits per heavy atom. The molecule has 2 N–H and O–H groups in total. The summed E-state index contributed by atoms with van der Waals surface area (Å²) >= 11 is 1.73. The molecule has 32 heavy (non-hydrogen) atoms. The lowest BCUT2D eigenvalue weighted by atomic mass is 9.94. The van der Waals surface area contributed by atoms with E-state index in [1.807, 2.05) is 19.9 Å². The molecule has 168 valence electrons. The van der Waals surface area contributed by atoms with Crippen LogP contribution < -0.4 is 5.32 Å². The maximum Gasteiger partial charge on any atom is 0.260 e. The first-order valence-corrected chi connectivity index (χ1v) is 11.9. The molecule has 7 heteroatoms. The van der Waals surface area contributed by atoms with Crippen molar-refractivity contribution in [2.24, 2.45) is 5.92 Å². The summed E-state index contributed by atoms with van der Waals surface area (Å²) in [6, 6.07) is 6.51. The van der Waals surface area contributed by atoms with Crippen LogP contribution in [-0.2, 0) is 16.1 Å². The van der Waals surface area contributed by atoms with Gasteiger partial charge in [-0.2, -0.15) is 0 Å². The standard InChI is InChI=1S/C25H27FN2O3S/c1-25(2)20(16-8-18(32-14-16)12-28-7-3-4-15(11-28)13-29)10-22(31-25)23-19-6-5-17(26)9-21(19)27-24(23)30/h5-6,8-10,14-15,29H,3-4,7,11-13H2,1-2H3,(H,27,30)/b23-22+. The molecular formula is C25H27FN2O3S. The molecule has 5 rings (SSSR count). The minimum absolute atomic E-state index is 0.255. The largest absolute Gasteiger partial charge is 0.482 e. The Bertz CT molecular complexity index is 1130. The third-order valence-electron chi connectivity index (χ3n) is 6.47. The molecule has 1 saturated heterocycles. The molecule has 3 aliphatic heterocycles. The molecule has 2 aromatic rings. The number of nitrogens with zero attached hydrogens (tertiary/aromatic N) is 1. The molecule has 4 heterocycles. The summed E-state index contributed by atoms with van der Waals surface area (Å²) in [7, 11) is 0. The number of likely N-dealkylation sites (tertiary alicyclic amines) is 1. The number of rotatable bonds is 4. The van der Waals surface area contributed by atoms with Crippen LogP contribution in [0.25, 0.3) is 11.1 Å². The lowest BCUT2D eigenvalue weighted by Gasteiger charge is -2.31. The molecule has 0 aliphatic carbocycles. The summed E-state index contributed by atoms with van der Waals surface area (Å²) in [4.78, 5) is 16.3. The monoisotopic (exact) mass is 454 g/mol. The van der Waals surface area contributed by atoms with Crippen LogP contribution in [0, 0.1) is 11.7 Å². The number of fused-ring (bicyclic) bond motifs is 1. The van der Waals surface area contributed by atoms with Gasteiger partial charge in [0.15, 0.2) is 0 Å². The topological polar surface area (TPSA) is 61.8 Å². The van der Waals surface area contributed by atoms with Gasteiger partial charge in [-0.05, 0) is 80.4 Å². The molecule has 1 amide bonds. The van der Waals surface area contributed by atoms with Gasteiger partial charge in [0.1, 0.15) is 17.2 Å². The number of hydrogen-bond acceptors (Lipinski definition) is 5. The highest BCUT2D eigenvalue weighted by Crippen LogP contribution is 2.45. The van der Waals surface area contributed by atoms with Crippen molar-refractivity contribution in [1.29, 1.82) is 0 Å². The predicted octanol–water partition coefficient (Wildman–Crippen LogP) is 4.65. The number of hydrogen-bond donors (Lipinski definition) is 2. The van der Waals surface area contributed by atoms with Gasteiger partial charge in [0.05, 0.1) is 11.3 Å². The van der Waals surface area contributed by atoms with Crippen LogP contribution in [0.2, 0.25) is 0 Å². The quantitative estimate of drug-likeness (QED) is 0.661. The fraction of sp³-hybridized carbons (Fsp3) is 0.400. The van der Waals surface area contributed by atoms with Crippen molar-refractivity contribution in [3.63, 3.8) is 0 Å². The van der Waals surface area contributed by atoms with Gasteiger partial charge in [0.2, 0.25) is 0 Å². The molecule has 1 aromatic carbocycles. The molecule has 1 atom stereocenters. The molecule has 0 spiro atoms. The fourth-order valence-electron chi connectivity index (χ4n) is 4.88. The Labute approximate surface area is 191 Å². The van der Waals surface area contributed by atoms with Gasteiger partial charge in [-0.3, -0.25) is 9.69 Å². The molecule has 1 aromatic heterocycles. The van der Waals surface area contributed by atoms with Gasteiger partial charge < -0.3 is 15.2 Å². The Kier molecular flexibility index (Phi) is 5.43. The van der Waals surface area contributed by atoms with Crippen LogP contribution in [-0.4, -0.2) is 41.2 Å². The van der Waals surface area contributed by atoms with Crippen molar-refractivity contribution in [3.8, 4) is 0 Å². The highest BCUT2D eigenvalue weighted by molar-refractivity contribution is 7.10. The maximum atomic E-state index is 13.6. The summed E-state index contributed by atoms with van der Waals surface area (Å²) in [6.07, 6.45) is 4.17. The third-order valence-corrected chi connectivity index (χ3v) is 7.39. The number of piperidine rings is 1. The SMILES string of the molecule is CC1(C)O/C(=C2/C(=O)Nc3cc(F)ccc32)C=C1c1csc(CN2CCCC(CO)C2)c1. The Morgan fingerprint density at radius 3 is 3.00 bits per heavy atom. The summed E-state index contributed by atoms with van der Waals surface area (Å²) in [5, 5.41) is 14.4. The third kappa shape index (κ3) is 3.89. The Balaban J connectivity index is 1.43. The number of carbonyl (C=O) groups is 1. The van der Waals surface area contributed by atoms with E-state index in [2.05, 4.69) is 21.7 Å². The Morgan fingerprint density at radius 1 is 1.34 bits per heavy atom. The molecular weight excluding hydrogens is 427 g/mol. The number of allylic oxidation sites excluding steroid dienone is 1. The number of anilines is 1. The minimum atomic E-state index is -0.586. The maximum absolute atomic E-state index is 13.6. The first kappa shape index (κ1) is 21.4. The van der Waals surface area contributed by atoms with E-state index in [9.17, 15) is 14.3 Å². The number of ether oxygens (including phenoxy) is 1. The first-order chi connectivity index (χ1) is 15.3. The van der Waals surface area contributed by atoms with Gasteiger partial charge in [-0.15, -0.1) is 11.3 Å². The van der Waals surface area contributed by atoms with Gasteiger partial charge in [-0.25, -0.2) is 4.39 Å². The van der Waals surface area contributed by atoms with Crippen LogP contribution in [0.5, 0.6) is 0 Å². The molecule has 1 fully saturated rings. The van der Waals surface area contributed by atoms with Crippen molar-refractivity contribution in [2.45, 2.75) is 38.8 Å². The van der Waals surface area contributed by atoms with E-state index >= 15 is 0 Å². The molecule has 0 saturated carbocycles. The lowest BCUT2D eigenvalue weighted by molar-refractivity contribution is -0.111. The van der Waals surface area contributed by atoms with E-state index in [1.165, 1.54) is 17.0 Å². The molecule has 1 unspecified atom stereocenters. The van der Waals surface area contributed by atoms with E-state index < -0.39 is 5.60 Å². The average molecular weight is 455 g/mol. The second-order valence-electron chi connectivity index (χ2n) is 9.28. The van der Waals surface area contributed by atoms with Crippen LogP contribution in [0.1, 0.15) is 42.7 Å². The number of thiophene rings is 1. The molecule has 0 radical (unpaired) electrons. The van der Waals surface area contributed by atoms with Gasteiger partial charge in [0.25, 0.3) is 5.91 Å². The first-order valence-electron chi connectivity index (χ1n) is 11.0. The molecule has 5 nitrogen and oxygen atoms in total.